The Morgan fingerprint density at radius 2 is 2.17 bits per heavy atom. The van der Waals surface area contributed by atoms with Crippen LogP contribution in [0.4, 0.5) is 0 Å². The number of aryl methyl sites for hydroxylation is 1. The zero-order chi connectivity index (χ0) is 13.1. The van der Waals surface area contributed by atoms with E-state index >= 15 is 0 Å². The van der Waals surface area contributed by atoms with Gasteiger partial charge in [0.05, 0.1) is 0 Å². The standard InChI is InChI=1S/C13H10ClNO3/c1-8-4-5-11(9(7-8)13(16)17)18-12-10(14)3-2-6-15-12/h2-7H,1H3,(H,16,17). The molecule has 0 aliphatic carbocycles. The number of carbonyl (C=O) groups is 1. The molecule has 1 aromatic heterocycles. The molecule has 0 fully saturated rings. The molecule has 1 heterocycles. The van der Waals surface area contributed by atoms with Gasteiger partial charge in [0.25, 0.3) is 0 Å². The Kier molecular flexibility index (Phi) is 3.48. The molecule has 0 bridgehead atoms. The second kappa shape index (κ2) is 5.06. The quantitative estimate of drug-likeness (QED) is 0.920. The van der Waals surface area contributed by atoms with Crippen LogP contribution < -0.4 is 4.74 Å². The molecule has 5 heteroatoms. The van der Waals surface area contributed by atoms with E-state index in [4.69, 9.17) is 21.4 Å². The molecule has 0 aliphatic rings. The fourth-order valence-electron chi connectivity index (χ4n) is 1.45. The van der Waals surface area contributed by atoms with Gasteiger partial charge in [-0.25, -0.2) is 9.78 Å². The lowest BCUT2D eigenvalue weighted by Crippen LogP contribution is -2.01. The Morgan fingerprint density at radius 1 is 1.39 bits per heavy atom. The number of hydrogen-bond donors (Lipinski definition) is 1. The summed E-state index contributed by atoms with van der Waals surface area (Å²) < 4.78 is 5.43. The molecule has 0 amide bonds. The summed E-state index contributed by atoms with van der Waals surface area (Å²) in [6, 6.07) is 8.18. The first-order valence-corrected chi connectivity index (χ1v) is 5.58. The highest BCUT2D eigenvalue weighted by Gasteiger charge is 2.13. The van der Waals surface area contributed by atoms with Crippen LogP contribution in [-0.4, -0.2) is 16.1 Å². The minimum Gasteiger partial charge on any atom is -0.478 e. The van der Waals surface area contributed by atoms with Gasteiger partial charge in [-0.1, -0.05) is 23.2 Å². The lowest BCUT2D eigenvalue weighted by Gasteiger charge is -2.09. The molecule has 1 N–H and O–H groups in total. The van der Waals surface area contributed by atoms with Crippen LogP contribution in [0.3, 0.4) is 0 Å². The van der Waals surface area contributed by atoms with Gasteiger partial charge in [0.15, 0.2) is 0 Å². The van der Waals surface area contributed by atoms with Crippen molar-refractivity contribution in [1.82, 2.24) is 4.98 Å². The van der Waals surface area contributed by atoms with E-state index in [2.05, 4.69) is 4.98 Å². The first-order valence-electron chi connectivity index (χ1n) is 5.20. The van der Waals surface area contributed by atoms with Crippen molar-refractivity contribution in [1.29, 1.82) is 0 Å². The number of nitrogens with zero attached hydrogens (tertiary/aromatic N) is 1. The van der Waals surface area contributed by atoms with Crippen LogP contribution in [0.1, 0.15) is 15.9 Å². The Balaban J connectivity index is 2.41. The van der Waals surface area contributed by atoms with E-state index in [0.717, 1.165) is 5.56 Å². The van der Waals surface area contributed by atoms with E-state index in [1.165, 1.54) is 12.3 Å². The number of rotatable bonds is 3. The van der Waals surface area contributed by atoms with Gasteiger partial charge in [-0.3, -0.25) is 0 Å². The van der Waals surface area contributed by atoms with E-state index in [-0.39, 0.29) is 17.2 Å². The van der Waals surface area contributed by atoms with Crippen molar-refractivity contribution in [3.63, 3.8) is 0 Å². The molecule has 2 aromatic rings. The zero-order valence-electron chi connectivity index (χ0n) is 9.55. The molecule has 0 saturated carbocycles. The molecule has 0 radical (unpaired) electrons. The van der Waals surface area contributed by atoms with Crippen molar-refractivity contribution in [3.05, 3.63) is 52.7 Å². The molecule has 1 aromatic carbocycles. The molecule has 0 spiro atoms. The molecule has 4 nitrogen and oxygen atoms in total. The molecule has 0 atom stereocenters. The maximum absolute atomic E-state index is 11.1. The third-order valence-electron chi connectivity index (χ3n) is 2.30. The molecule has 2 rings (SSSR count). The van der Waals surface area contributed by atoms with Gasteiger partial charge in [-0.15, -0.1) is 0 Å². The van der Waals surface area contributed by atoms with Gasteiger partial charge in [-0.05, 0) is 31.2 Å². The summed E-state index contributed by atoms with van der Waals surface area (Å²) in [6.45, 7) is 1.81. The summed E-state index contributed by atoms with van der Waals surface area (Å²) >= 11 is 5.90. The third kappa shape index (κ3) is 2.60. The number of benzene rings is 1. The molecule has 0 unspecified atom stereocenters. The average Bonchev–Trinajstić information content (AvgIpc) is 2.34. The lowest BCUT2D eigenvalue weighted by atomic mass is 10.1. The lowest BCUT2D eigenvalue weighted by molar-refractivity contribution is 0.0694. The number of carboxylic acid groups (broad SMARTS) is 1. The van der Waals surface area contributed by atoms with Crippen molar-refractivity contribution >= 4 is 17.6 Å². The minimum absolute atomic E-state index is 0.0803. The number of aromatic carboxylic acids is 1. The van der Waals surface area contributed by atoms with E-state index in [1.807, 2.05) is 6.92 Å². The first kappa shape index (κ1) is 12.4. The highest BCUT2D eigenvalue weighted by Crippen LogP contribution is 2.29. The Morgan fingerprint density at radius 3 is 2.83 bits per heavy atom. The van der Waals surface area contributed by atoms with Crippen molar-refractivity contribution in [2.45, 2.75) is 6.92 Å². The fourth-order valence-corrected chi connectivity index (χ4v) is 1.61. The minimum atomic E-state index is -1.05. The first-order chi connectivity index (χ1) is 8.58. The van der Waals surface area contributed by atoms with Crippen molar-refractivity contribution in [2.75, 3.05) is 0 Å². The van der Waals surface area contributed by atoms with Crippen molar-refractivity contribution in [2.24, 2.45) is 0 Å². The molecular formula is C13H10ClNO3. The van der Waals surface area contributed by atoms with Gasteiger partial charge < -0.3 is 9.84 Å². The number of halogens is 1. The average molecular weight is 264 g/mol. The SMILES string of the molecule is Cc1ccc(Oc2ncccc2Cl)c(C(=O)O)c1. The zero-order valence-corrected chi connectivity index (χ0v) is 10.3. The van der Waals surface area contributed by atoms with Crippen LogP contribution >= 0.6 is 11.6 Å². The highest BCUT2D eigenvalue weighted by atomic mass is 35.5. The Labute approximate surface area is 109 Å². The van der Waals surface area contributed by atoms with Crippen LogP contribution in [0.25, 0.3) is 0 Å². The maximum atomic E-state index is 11.1. The van der Waals surface area contributed by atoms with Gasteiger partial charge >= 0.3 is 5.97 Å². The van der Waals surface area contributed by atoms with Gasteiger partial charge in [0.1, 0.15) is 16.3 Å². The fraction of sp³-hybridized carbons (Fsp3) is 0.0769. The molecular weight excluding hydrogens is 254 g/mol. The van der Waals surface area contributed by atoms with Gasteiger partial charge in [-0.2, -0.15) is 0 Å². The second-order valence-corrected chi connectivity index (χ2v) is 4.10. The van der Waals surface area contributed by atoms with Gasteiger partial charge in [0, 0.05) is 6.20 Å². The number of carboxylic acids is 1. The predicted molar refractivity (Wildman–Crippen MR) is 67.5 cm³/mol. The van der Waals surface area contributed by atoms with E-state index < -0.39 is 5.97 Å². The maximum Gasteiger partial charge on any atom is 0.339 e. The van der Waals surface area contributed by atoms with E-state index in [9.17, 15) is 4.79 Å². The monoisotopic (exact) mass is 263 g/mol. The highest BCUT2D eigenvalue weighted by molar-refractivity contribution is 6.31. The Bertz CT molecular complexity index is 599. The topological polar surface area (TPSA) is 59.4 Å². The summed E-state index contributed by atoms with van der Waals surface area (Å²) in [5, 5.41) is 9.43. The molecule has 92 valence electrons. The predicted octanol–water partition coefficient (Wildman–Crippen LogP) is 3.53. The largest absolute Gasteiger partial charge is 0.478 e. The molecule has 0 aliphatic heterocycles. The summed E-state index contributed by atoms with van der Waals surface area (Å²) in [7, 11) is 0. The van der Waals surface area contributed by atoms with E-state index in [0.29, 0.717) is 5.02 Å². The number of pyridine rings is 1. The van der Waals surface area contributed by atoms with Crippen LogP contribution in [0.2, 0.25) is 5.02 Å². The van der Waals surface area contributed by atoms with Crippen molar-refractivity contribution < 1.29 is 14.6 Å². The number of aromatic nitrogens is 1. The second-order valence-electron chi connectivity index (χ2n) is 3.70. The van der Waals surface area contributed by atoms with Crippen LogP contribution in [0.5, 0.6) is 11.6 Å². The van der Waals surface area contributed by atoms with E-state index in [1.54, 1.807) is 24.3 Å². The molecule has 18 heavy (non-hydrogen) atoms. The summed E-state index contributed by atoms with van der Waals surface area (Å²) in [5.74, 6) is -0.653. The summed E-state index contributed by atoms with van der Waals surface area (Å²) in [6.07, 6.45) is 1.52. The third-order valence-corrected chi connectivity index (χ3v) is 2.58. The van der Waals surface area contributed by atoms with Crippen LogP contribution in [-0.2, 0) is 0 Å². The Hall–Kier alpha value is -2.07. The normalized spacial score (nSPS) is 10.1. The van der Waals surface area contributed by atoms with Crippen molar-refractivity contribution in [3.8, 4) is 11.6 Å². The van der Waals surface area contributed by atoms with Crippen LogP contribution in [0, 0.1) is 6.92 Å². The smallest absolute Gasteiger partial charge is 0.339 e. The number of hydrogen-bond acceptors (Lipinski definition) is 3. The molecule has 0 saturated heterocycles. The summed E-state index contributed by atoms with van der Waals surface area (Å²) in [4.78, 5) is 15.1. The number of ether oxygens (including phenoxy) is 1. The van der Waals surface area contributed by atoms with Gasteiger partial charge in [0.2, 0.25) is 5.88 Å². The summed E-state index contributed by atoms with van der Waals surface area (Å²) in [5.41, 5.74) is 0.920. The van der Waals surface area contributed by atoms with Crippen LogP contribution in [0.15, 0.2) is 36.5 Å².